The van der Waals surface area contributed by atoms with Gasteiger partial charge in [0.1, 0.15) is 5.75 Å². The number of aliphatic hydroxyl groups excluding tert-OH is 1. The first-order chi connectivity index (χ1) is 13.7. The second-order valence-electron chi connectivity index (χ2n) is 6.45. The van der Waals surface area contributed by atoms with Crippen LogP contribution < -0.4 is 10.1 Å². The van der Waals surface area contributed by atoms with E-state index in [-0.39, 0.29) is 12.5 Å². The average Bonchev–Trinajstić information content (AvgIpc) is 2.77. The van der Waals surface area contributed by atoms with Crippen molar-refractivity contribution in [3.63, 3.8) is 0 Å². The number of benzene rings is 2. The Balaban J connectivity index is 1.51. The Morgan fingerprint density at radius 2 is 1.86 bits per heavy atom. The van der Waals surface area contributed by atoms with Crippen LogP contribution in [0.2, 0.25) is 0 Å². The summed E-state index contributed by atoms with van der Waals surface area (Å²) in [6.07, 6.45) is 3.31. The van der Waals surface area contributed by atoms with Gasteiger partial charge in [0.25, 0.3) is 5.91 Å². The number of aliphatic hydroxyl groups is 1. The summed E-state index contributed by atoms with van der Waals surface area (Å²) in [5.74, 6) is 0.707. The van der Waals surface area contributed by atoms with E-state index in [1.807, 2.05) is 48.5 Å². The number of aromatic nitrogens is 1. The number of hydrogen-bond acceptors (Lipinski definition) is 4. The maximum absolute atomic E-state index is 12.3. The zero-order valence-corrected chi connectivity index (χ0v) is 15.9. The number of nitrogens with zero attached hydrogens (tertiary/aromatic N) is 1. The molecule has 3 rings (SSSR count). The van der Waals surface area contributed by atoms with Crippen LogP contribution in [0.5, 0.6) is 5.75 Å². The number of rotatable bonds is 8. The molecular weight excluding hydrogens is 352 g/mol. The molecule has 0 radical (unpaired) electrons. The Kier molecular flexibility index (Phi) is 6.76. The van der Waals surface area contributed by atoms with E-state index < -0.39 is 0 Å². The molecule has 0 aliphatic rings. The van der Waals surface area contributed by atoms with Gasteiger partial charge in [-0.3, -0.25) is 9.78 Å². The minimum atomic E-state index is -0.135. The Morgan fingerprint density at radius 1 is 1.07 bits per heavy atom. The van der Waals surface area contributed by atoms with Crippen LogP contribution >= 0.6 is 0 Å². The zero-order valence-electron chi connectivity index (χ0n) is 15.9. The van der Waals surface area contributed by atoms with Crippen molar-refractivity contribution in [1.29, 1.82) is 0 Å². The lowest BCUT2D eigenvalue weighted by Crippen LogP contribution is -2.24. The van der Waals surface area contributed by atoms with Gasteiger partial charge >= 0.3 is 0 Å². The van der Waals surface area contributed by atoms with E-state index in [0.29, 0.717) is 12.1 Å². The molecule has 2 aromatic carbocycles. The third-order valence-electron chi connectivity index (χ3n) is 4.58. The van der Waals surface area contributed by atoms with Crippen LogP contribution in [0, 0.1) is 0 Å². The van der Waals surface area contributed by atoms with Crippen LogP contribution in [-0.4, -0.2) is 29.7 Å². The number of carbonyl (C=O) groups is 1. The van der Waals surface area contributed by atoms with Crippen molar-refractivity contribution < 1.29 is 14.6 Å². The van der Waals surface area contributed by atoms with Gasteiger partial charge in [-0.15, -0.1) is 0 Å². The number of aryl methyl sites for hydroxylation is 1. The van der Waals surface area contributed by atoms with E-state index in [1.165, 1.54) is 5.56 Å². The van der Waals surface area contributed by atoms with E-state index >= 15 is 0 Å². The molecule has 0 spiro atoms. The number of pyridine rings is 1. The van der Waals surface area contributed by atoms with Gasteiger partial charge in [-0.1, -0.05) is 36.4 Å². The largest absolute Gasteiger partial charge is 0.497 e. The molecule has 0 aliphatic carbocycles. The fraction of sp³-hybridized carbons (Fsp3) is 0.217. The summed E-state index contributed by atoms with van der Waals surface area (Å²) in [6.45, 7) is 0.550. The van der Waals surface area contributed by atoms with Crippen LogP contribution in [0.4, 0.5) is 0 Å². The molecule has 0 fully saturated rings. The van der Waals surface area contributed by atoms with Gasteiger partial charge in [0, 0.05) is 18.3 Å². The molecular formula is C23H24N2O3. The lowest BCUT2D eigenvalue weighted by atomic mass is 10.0. The number of amides is 1. The second-order valence-corrected chi connectivity index (χ2v) is 6.45. The SMILES string of the molecule is COc1ccc(CCCNC(=O)c2ccc(-c3ccccc3CO)nc2)cc1. The lowest BCUT2D eigenvalue weighted by molar-refractivity contribution is 0.0953. The minimum Gasteiger partial charge on any atom is -0.497 e. The number of carbonyl (C=O) groups excluding carboxylic acids is 1. The number of methoxy groups -OCH3 is 1. The standard InChI is InChI=1S/C23H24N2O3/c1-28-20-11-8-17(9-12-20)5-4-14-24-23(27)18-10-13-22(25-15-18)21-7-3-2-6-19(21)16-26/h2-3,6-13,15,26H,4-5,14,16H2,1H3,(H,24,27). The first kappa shape index (κ1) is 19.6. The van der Waals surface area contributed by atoms with Crippen LogP contribution in [-0.2, 0) is 13.0 Å². The molecule has 5 nitrogen and oxygen atoms in total. The molecule has 1 heterocycles. The first-order valence-electron chi connectivity index (χ1n) is 9.27. The molecule has 1 aromatic heterocycles. The molecule has 3 aromatic rings. The van der Waals surface area contributed by atoms with Crippen molar-refractivity contribution in [2.45, 2.75) is 19.4 Å². The highest BCUT2D eigenvalue weighted by molar-refractivity contribution is 5.94. The maximum atomic E-state index is 12.3. The molecule has 0 aliphatic heterocycles. The Morgan fingerprint density at radius 3 is 2.54 bits per heavy atom. The molecule has 28 heavy (non-hydrogen) atoms. The quantitative estimate of drug-likeness (QED) is 0.589. The molecule has 0 unspecified atom stereocenters. The summed E-state index contributed by atoms with van der Waals surface area (Å²) in [4.78, 5) is 16.7. The first-order valence-corrected chi connectivity index (χ1v) is 9.27. The van der Waals surface area contributed by atoms with E-state index in [2.05, 4.69) is 10.3 Å². The maximum Gasteiger partial charge on any atom is 0.252 e. The number of ether oxygens (including phenoxy) is 1. The molecule has 0 bridgehead atoms. The summed E-state index contributed by atoms with van der Waals surface area (Å²) in [7, 11) is 1.65. The fourth-order valence-corrected chi connectivity index (χ4v) is 2.98. The van der Waals surface area contributed by atoms with Crippen molar-refractivity contribution in [2.75, 3.05) is 13.7 Å². The van der Waals surface area contributed by atoms with Crippen LogP contribution in [0.15, 0.2) is 66.9 Å². The number of nitrogens with one attached hydrogen (secondary N) is 1. The van der Waals surface area contributed by atoms with E-state index in [1.54, 1.807) is 25.4 Å². The molecule has 144 valence electrons. The highest BCUT2D eigenvalue weighted by atomic mass is 16.5. The normalized spacial score (nSPS) is 10.5. The predicted molar refractivity (Wildman–Crippen MR) is 109 cm³/mol. The van der Waals surface area contributed by atoms with Crippen molar-refractivity contribution in [1.82, 2.24) is 10.3 Å². The van der Waals surface area contributed by atoms with Gasteiger partial charge in [-0.25, -0.2) is 0 Å². The van der Waals surface area contributed by atoms with Gasteiger partial charge in [0.2, 0.25) is 0 Å². The van der Waals surface area contributed by atoms with Crippen molar-refractivity contribution in [3.8, 4) is 17.0 Å². The van der Waals surface area contributed by atoms with Crippen LogP contribution in [0.3, 0.4) is 0 Å². The Hall–Kier alpha value is -3.18. The molecule has 0 saturated carbocycles. The van der Waals surface area contributed by atoms with Crippen molar-refractivity contribution in [3.05, 3.63) is 83.6 Å². The summed E-state index contributed by atoms with van der Waals surface area (Å²) < 4.78 is 5.15. The monoisotopic (exact) mass is 376 g/mol. The predicted octanol–water partition coefficient (Wildman–Crippen LogP) is 3.61. The summed E-state index contributed by atoms with van der Waals surface area (Å²) in [5, 5.41) is 12.4. The van der Waals surface area contributed by atoms with Gasteiger partial charge in [0.15, 0.2) is 0 Å². The lowest BCUT2D eigenvalue weighted by Gasteiger charge is -2.08. The number of hydrogen-bond donors (Lipinski definition) is 2. The highest BCUT2D eigenvalue weighted by Gasteiger charge is 2.08. The molecule has 0 atom stereocenters. The Labute approximate surface area is 165 Å². The molecule has 5 heteroatoms. The minimum absolute atomic E-state index is 0.0473. The van der Waals surface area contributed by atoms with E-state index in [0.717, 1.165) is 35.4 Å². The van der Waals surface area contributed by atoms with Crippen molar-refractivity contribution >= 4 is 5.91 Å². The third-order valence-corrected chi connectivity index (χ3v) is 4.58. The van der Waals surface area contributed by atoms with Crippen LogP contribution in [0.1, 0.15) is 27.9 Å². The third kappa shape index (κ3) is 4.96. The summed E-state index contributed by atoms with van der Waals surface area (Å²) >= 11 is 0. The Bertz CT molecular complexity index is 906. The van der Waals surface area contributed by atoms with Gasteiger partial charge in [0.05, 0.1) is 25.0 Å². The molecule has 2 N–H and O–H groups in total. The summed E-state index contributed by atoms with van der Waals surface area (Å²) in [5.41, 5.74) is 4.15. The van der Waals surface area contributed by atoms with Crippen LogP contribution in [0.25, 0.3) is 11.3 Å². The topological polar surface area (TPSA) is 71.5 Å². The average molecular weight is 376 g/mol. The van der Waals surface area contributed by atoms with E-state index in [4.69, 9.17) is 4.74 Å². The van der Waals surface area contributed by atoms with Gasteiger partial charge in [-0.05, 0) is 48.2 Å². The second kappa shape index (κ2) is 9.67. The smallest absolute Gasteiger partial charge is 0.252 e. The van der Waals surface area contributed by atoms with Gasteiger partial charge < -0.3 is 15.2 Å². The van der Waals surface area contributed by atoms with Gasteiger partial charge in [-0.2, -0.15) is 0 Å². The fourth-order valence-electron chi connectivity index (χ4n) is 2.98. The van der Waals surface area contributed by atoms with Crippen molar-refractivity contribution in [2.24, 2.45) is 0 Å². The zero-order chi connectivity index (χ0) is 19.8. The molecule has 1 amide bonds. The van der Waals surface area contributed by atoms with E-state index in [9.17, 15) is 9.90 Å². The summed E-state index contributed by atoms with van der Waals surface area (Å²) in [6, 6.07) is 19.1. The molecule has 0 saturated heterocycles. The highest BCUT2D eigenvalue weighted by Crippen LogP contribution is 2.21.